The molecule has 0 bridgehead atoms. The van der Waals surface area contributed by atoms with Gasteiger partial charge < -0.3 is 20.8 Å². The van der Waals surface area contributed by atoms with Crippen LogP contribution in [0.2, 0.25) is 0 Å². The minimum absolute atomic E-state index is 0.0830. The summed E-state index contributed by atoms with van der Waals surface area (Å²) in [5.41, 5.74) is 5.74. The van der Waals surface area contributed by atoms with Crippen molar-refractivity contribution in [3.05, 3.63) is 70.6 Å². The predicted octanol–water partition coefficient (Wildman–Crippen LogP) is 3.53. The third kappa shape index (κ3) is 4.87. The molecule has 0 radical (unpaired) electrons. The van der Waals surface area contributed by atoms with E-state index in [-0.39, 0.29) is 40.0 Å². The quantitative estimate of drug-likeness (QED) is 0.449. The number of halogens is 2. The Morgan fingerprint density at radius 2 is 1.80 bits per heavy atom. The van der Waals surface area contributed by atoms with Crippen LogP contribution in [0.3, 0.4) is 0 Å². The maximum Gasteiger partial charge on any atom is 0.273 e. The number of sulfonamides is 1. The molecule has 0 aliphatic carbocycles. The topological polar surface area (TPSA) is 126 Å². The molecule has 0 unspecified atom stereocenters. The number of ether oxygens (including phenoxy) is 1. The Kier molecular flexibility index (Phi) is 5.92. The first-order chi connectivity index (χ1) is 14.2. The first kappa shape index (κ1) is 21.1. The van der Waals surface area contributed by atoms with Crippen molar-refractivity contribution >= 4 is 32.8 Å². The molecule has 0 saturated heterocycles. The fourth-order valence-electron chi connectivity index (χ4n) is 2.45. The van der Waals surface area contributed by atoms with Gasteiger partial charge in [-0.2, -0.15) is 0 Å². The molecule has 0 aliphatic heterocycles. The lowest BCUT2D eigenvalue weighted by Gasteiger charge is -2.16. The van der Waals surface area contributed by atoms with Crippen LogP contribution in [0.1, 0.15) is 6.92 Å². The summed E-state index contributed by atoms with van der Waals surface area (Å²) in [5, 5.41) is 2.88. The molecular weight excluding hydrogens is 418 g/mol. The van der Waals surface area contributed by atoms with Crippen molar-refractivity contribution in [1.29, 1.82) is 0 Å². The van der Waals surface area contributed by atoms with Crippen molar-refractivity contribution in [3.8, 4) is 11.5 Å². The zero-order chi connectivity index (χ0) is 21.9. The van der Waals surface area contributed by atoms with Crippen LogP contribution in [0.4, 0.5) is 31.5 Å². The van der Waals surface area contributed by atoms with Crippen LogP contribution in [-0.4, -0.2) is 19.2 Å². The van der Waals surface area contributed by atoms with Crippen molar-refractivity contribution in [3.63, 3.8) is 0 Å². The van der Waals surface area contributed by atoms with Gasteiger partial charge in [0.1, 0.15) is 11.5 Å². The fourth-order valence-corrected chi connectivity index (χ4v) is 3.08. The standard InChI is InChI=1S/C19H18F2N4O4S/c1-2-30(27,28)25-12-4-6-17(29-16-5-3-11(20)9-13(16)21)15(10-12)24-14-7-8-23-19(26)18(14)22/h3-10,25H,2,22H2,1H3,(H2,23,24,26). The summed E-state index contributed by atoms with van der Waals surface area (Å²) in [6, 6.07) is 8.50. The van der Waals surface area contributed by atoms with Crippen LogP contribution >= 0.6 is 0 Å². The number of anilines is 4. The van der Waals surface area contributed by atoms with Crippen LogP contribution < -0.4 is 26.1 Å². The second kappa shape index (κ2) is 8.41. The number of benzene rings is 2. The Labute approximate surface area is 170 Å². The number of hydrogen-bond acceptors (Lipinski definition) is 6. The summed E-state index contributed by atoms with van der Waals surface area (Å²) in [5.74, 6) is -2.00. The number of nitrogens with one attached hydrogen (secondary N) is 3. The van der Waals surface area contributed by atoms with Gasteiger partial charge in [-0.1, -0.05) is 0 Å². The lowest BCUT2D eigenvalue weighted by Crippen LogP contribution is -2.15. The number of H-pyrrole nitrogens is 1. The van der Waals surface area contributed by atoms with Crippen molar-refractivity contribution in [1.82, 2.24) is 4.98 Å². The van der Waals surface area contributed by atoms with Crippen LogP contribution in [-0.2, 0) is 10.0 Å². The molecule has 8 nitrogen and oxygen atoms in total. The van der Waals surface area contributed by atoms with Crippen LogP contribution in [0.5, 0.6) is 11.5 Å². The SMILES string of the molecule is CCS(=O)(=O)Nc1ccc(Oc2ccc(F)cc2F)c(Nc2cc[nH]c(=O)c2N)c1. The average Bonchev–Trinajstić information content (AvgIpc) is 2.69. The fraction of sp³-hybridized carbons (Fsp3) is 0.105. The van der Waals surface area contributed by atoms with Crippen LogP contribution in [0.25, 0.3) is 0 Å². The van der Waals surface area contributed by atoms with Gasteiger partial charge in [0.15, 0.2) is 17.3 Å². The van der Waals surface area contributed by atoms with Gasteiger partial charge in [-0.15, -0.1) is 0 Å². The first-order valence-corrected chi connectivity index (χ1v) is 10.4. The third-order valence-electron chi connectivity index (χ3n) is 4.02. The molecule has 1 aromatic heterocycles. The highest BCUT2D eigenvalue weighted by molar-refractivity contribution is 7.92. The van der Waals surface area contributed by atoms with E-state index in [4.69, 9.17) is 10.5 Å². The molecule has 5 N–H and O–H groups in total. The van der Waals surface area contributed by atoms with Gasteiger partial charge in [-0.3, -0.25) is 9.52 Å². The summed E-state index contributed by atoms with van der Waals surface area (Å²) in [7, 11) is -3.56. The summed E-state index contributed by atoms with van der Waals surface area (Å²) in [6.45, 7) is 1.48. The minimum atomic E-state index is -3.56. The van der Waals surface area contributed by atoms with E-state index in [0.717, 1.165) is 12.1 Å². The molecule has 158 valence electrons. The summed E-state index contributed by atoms with van der Waals surface area (Å²) in [4.78, 5) is 14.2. The second-order valence-electron chi connectivity index (χ2n) is 6.15. The molecule has 0 aliphatic rings. The highest BCUT2D eigenvalue weighted by atomic mass is 32.2. The highest BCUT2D eigenvalue weighted by Crippen LogP contribution is 2.36. The van der Waals surface area contributed by atoms with Gasteiger partial charge in [0, 0.05) is 12.3 Å². The predicted molar refractivity (Wildman–Crippen MR) is 111 cm³/mol. The summed E-state index contributed by atoms with van der Waals surface area (Å²) >= 11 is 0. The lowest BCUT2D eigenvalue weighted by atomic mass is 10.2. The number of hydrogen-bond donors (Lipinski definition) is 4. The van der Waals surface area contributed by atoms with Gasteiger partial charge in [-0.05, 0) is 43.3 Å². The molecule has 2 aromatic carbocycles. The summed E-state index contributed by atoms with van der Waals surface area (Å²) < 4.78 is 58.9. The van der Waals surface area contributed by atoms with Crippen molar-refractivity contribution in [2.45, 2.75) is 6.92 Å². The maximum atomic E-state index is 14.0. The number of pyridine rings is 1. The van der Waals surface area contributed by atoms with Gasteiger partial charge in [0.2, 0.25) is 10.0 Å². The summed E-state index contributed by atoms with van der Waals surface area (Å²) in [6.07, 6.45) is 1.37. The molecular formula is C19H18F2N4O4S. The van der Waals surface area contributed by atoms with E-state index >= 15 is 0 Å². The Hall–Kier alpha value is -3.60. The third-order valence-corrected chi connectivity index (χ3v) is 5.32. The van der Waals surface area contributed by atoms with Crippen molar-refractivity contribution in [2.24, 2.45) is 0 Å². The Balaban J connectivity index is 2.04. The zero-order valence-corrected chi connectivity index (χ0v) is 16.5. The number of aromatic nitrogens is 1. The molecule has 1 heterocycles. The molecule has 30 heavy (non-hydrogen) atoms. The largest absolute Gasteiger partial charge is 0.452 e. The second-order valence-corrected chi connectivity index (χ2v) is 8.16. The van der Waals surface area contributed by atoms with Gasteiger partial charge in [0.25, 0.3) is 5.56 Å². The molecule has 3 rings (SSSR count). The Morgan fingerprint density at radius 1 is 1.07 bits per heavy atom. The maximum absolute atomic E-state index is 14.0. The van der Waals surface area contributed by atoms with Gasteiger partial charge in [0.05, 0.1) is 22.8 Å². The molecule has 0 atom stereocenters. The first-order valence-electron chi connectivity index (χ1n) is 8.70. The van der Waals surface area contributed by atoms with E-state index in [1.165, 1.54) is 37.4 Å². The van der Waals surface area contributed by atoms with Crippen LogP contribution in [0.15, 0.2) is 53.5 Å². The van der Waals surface area contributed by atoms with E-state index in [0.29, 0.717) is 6.07 Å². The smallest absolute Gasteiger partial charge is 0.273 e. The van der Waals surface area contributed by atoms with E-state index in [1.54, 1.807) is 0 Å². The normalized spacial score (nSPS) is 11.2. The Bertz CT molecular complexity index is 1250. The van der Waals surface area contributed by atoms with Crippen molar-refractivity contribution < 1.29 is 21.9 Å². The molecule has 3 aromatic rings. The van der Waals surface area contributed by atoms with E-state index < -0.39 is 27.2 Å². The zero-order valence-electron chi connectivity index (χ0n) is 15.7. The molecule has 0 spiro atoms. The average molecular weight is 436 g/mol. The molecule has 0 amide bonds. The van der Waals surface area contributed by atoms with E-state index in [1.807, 2.05) is 0 Å². The minimum Gasteiger partial charge on any atom is -0.452 e. The monoisotopic (exact) mass is 436 g/mol. The molecule has 11 heteroatoms. The number of nitrogens with two attached hydrogens (primary N) is 1. The Morgan fingerprint density at radius 3 is 2.50 bits per heavy atom. The number of rotatable bonds is 7. The highest BCUT2D eigenvalue weighted by Gasteiger charge is 2.14. The van der Waals surface area contributed by atoms with E-state index in [2.05, 4.69) is 15.0 Å². The van der Waals surface area contributed by atoms with E-state index in [9.17, 15) is 22.0 Å². The number of nitrogen functional groups attached to an aromatic ring is 1. The van der Waals surface area contributed by atoms with Gasteiger partial charge in [-0.25, -0.2) is 17.2 Å². The number of aromatic amines is 1. The molecule has 0 saturated carbocycles. The van der Waals surface area contributed by atoms with Crippen LogP contribution in [0, 0.1) is 11.6 Å². The van der Waals surface area contributed by atoms with Crippen molar-refractivity contribution in [2.75, 3.05) is 21.5 Å². The van der Waals surface area contributed by atoms with Gasteiger partial charge >= 0.3 is 0 Å². The molecule has 0 fully saturated rings. The lowest BCUT2D eigenvalue weighted by molar-refractivity contribution is 0.439.